The number of aliphatic carboxylic acids is 1. The molecular weight excluding hydrogens is 270 g/mol. The van der Waals surface area contributed by atoms with Crippen LogP contribution in [-0.4, -0.2) is 33.7 Å². The zero-order chi connectivity index (χ0) is 15.0. The minimum absolute atomic E-state index is 0.176. The Morgan fingerprint density at radius 1 is 1.29 bits per heavy atom. The van der Waals surface area contributed by atoms with Gasteiger partial charge in [0.05, 0.1) is 12.2 Å². The highest BCUT2D eigenvalue weighted by Gasteiger charge is 2.32. The molecule has 0 bridgehead atoms. The number of benzene rings is 1. The van der Waals surface area contributed by atoms with E-state index < -0.39 is 12.1 Å². The fourth-order valence-corrected chi connectivity index (χ4v) is 2.38. The lowest BCUT2D eigenvalue weighted by Crippen LogP contribution is -2.43. The molecule has 0 radical (unpaired) electrons. The van der Waals surface area contributed by atoms with Gasteiger partial charge in [-0.05, 0) is 32.0 Å². The molecule has 1 atom stereocenters. The van der Waals surface area contributed by atoms with E-state index >= 15 is 0 Å². The molecule has 0 aliphatic carbocycles. The molecule has 6 heteroatoms. The number of para-hydroxylation sites is 2. The van der Waals surface area contributed by atoms with Gasteiger partial charge in [0.25, 0.3) is 0 Å². The van der Waals surface area contributed by atoms with Crippen LogP contribution in [0.3, 0.4) is 0 Å². The Balaban J connectivity index is 2.09. The van der Waals surface area contributed by atoms with E-state index in [0.717, 1.165) is 17.1 Å². The van der Waals surface area contributed by atoms with Gasteiger partial charge in [0.2, 0.25) is 12.1 Å². The van der Waals surface area contributed by atoms with Crippen molar-refractivity contribution in [3.05, 3.63) is 41.7 Å². The first-order valence-electron chi connectivity index (χ1n) is 6.63. The molecule has 1 unspecified atom stereocenters. The quantitative estimate of drug-likeness (QED) is 0.910. The second kappa shape index (κ2) is 5.05. The molecule has 1 aromatic carbocycles. The Morgan fingerprint density at radius 2 is 1.95 bits per heavy atom. The molecule has 108 valence electrons. The van der Waals surface area contributed by atoms with Crippen molar-refractivity contribution in [2.75, 3.05) is 11.4 Å². The van der Waals surface area contributed by atoms with Crippen LogP contribution in [0, 0.1) is 13.8 Å². The predicted molar refractivity (Wildman–Crippen MR) is 77.0 cm³/mol. The van der Waals surface area contributed by atoms with Gasteiger partial charge in [0, 0.05) is 11.4 Å². The highest BCUT2D eigenvalue weighted by atomic mass is 16.5. The predicted octanol–water partition coefficient (Wildman–Crippen LogP) is 2.08. The number of hydrogen-bond acceptors (Lipinski definition) is 5. The molecule has 0 fully saturated rings. The van der Waals surface area contributed by atoms with Gasteiger partial charge < -0.3 is 14.7 Å². The third-order valence-corrected chi connectivity index (χ3v) is 3.26. The number of anilines is 2. The average Bonchev–Trinajstić information content (AvgIpc) is 2.45. The zero-order valence-corrected chi connectivity index (χ0v) is 11.8. The van der Waals surface area contributed by atoms with Crippen LogP contribution in [0.25, 0.3) is 0 Å². The standard InChI is InChI=1S/C15H15N3O3/c1-9-7-10(2)17-15(16-9)18-8-13(14(19)20)21-12-6-4-3-5-11(12)18/h3-7,13H,8H2,1-2H3,(H,19,20). The average molecular weight is 285 g/mol. The number of aromatic nitrogens is 2. The maximum Gasteiger partial charge on any atom is 0.346 e. The maximum atomic E-state index is 11.3. The van der Waals surface area contributed by atoms with Gasteiger partial charge in [-0.15, -0.1) is 0 Å². The van der Waals surface area contributed by atoms with Crippen LogP contribution >= 0.6 is 0 Å². The molecule has 21 heavy (non-hydrogen) atoms. The lowest BCUT2D eigenvalue weighted by molar-refractivity contribution is -0.144. The lowest BCUT2D eigenvalue weighted by Gasteiger charge is -2.33. The van der Waals surface area contributed by atoms with E-state index in [1.54, 1.807) is 11.0 Å². The van der Waals surface area contributed by atoms with Gasteiger partial charge in [-0.25, -0.2) is 14.8 Å². The molecule has 1 aromatic heterocycles. The van der Waals surface area contributed by atoms with Gasteiger partial charge in [0.15, 0.2) is 0 Å². The first-order chi connectivity index (χ1) is 10.0. The normalized spacial score (nSPS) is 17.0. The Labute approximate surface area is 122 Å². The molecule has 2 aromatic rings. The molecule has 2 heterocycles. The second-order valence-corrected chi connectivity index (χ2v) is 4.97. The van der Waals surface area contributed by atoms with Gasteiger partial charge in [-0.3, -0.25) is 0 Å². The van der Waals surface area contributed by atoms with Crippen molar-refractivity contribution in [2.45, 2.75) is 20.0 Å². The van der Waals surface area contributed by atoms with Crippen molar-refractivity contribution < 1.29 is 14.6 Å². The van der Waals surface area contributed by atoms with Crippen LogP contribution in [0.15, 0.2) is 30.3 Å². The van der Waals surface area contributed by atoms with Crippen LogP contribution in [0.5, 0.6) is 5.75 Å². The largest absolute Gasteiger partial charge is 0.478 e. The van der Waals surface area contributed by atoms with E-state index in [1.165, 1.54) is 0 Å². The summed E-state index contributed by atoms with van der Waals surface area (Å²) >= 11 is 0. The van der Waals surface area contributed by atoms with E-state index in [0.29, 0.717) is 11.7 Å². The number of nitrogens with zero attached hydrogens (tertiary/aromatic N) is 3. The summed E-state index contributed by atoms with van der Waals surface area (Å²) in [6.07, 6.45) is -0.940. The molecule has 0 spiro atoms. The summed E-state index contributed by atoms with van der Waals surface area (Å²) in [5, 5.41) is 9.25. The molecule has 3 rings (SSSR count). The topological polar surface area (TPSA) is 75.6 Å². The number of carboxylic acids is 1. The van der Waals surface area contributed by atoms with Crippen molar-refractivity contribution >= 4 is 17.6 Å². The number of rotatable bonds is 2. The molecule has 0 saturated heterocycles. The summed E-state index contributed by atoms with van der Waals surface area (Å²) < 4.78 is 5.51. The van der Waals surface area contributed by atoms with Gasteiger partial charge in [0.1, 0.15) is 5.75 Å². The summed E-state index contributed by atoms with van der Waals surface area (Å²) in [4.78, 5) is 21.9. The van der Waals surface area contributed by atoms with Crippen LogP contribution in [0.1, 0.15) is 11.4 Å². The van der Waals surface area contributed by atoms with Crippen LogP contribution in [0.2, 0.25) is 0 Å². The lowest BCUT2D eigenvalue weighted by atomic mass is 10.2. The molecule has 6 nitrogen and oxygen atoms in total. The fraction of sp³-hybridized carbons (Fsp3) is 0.267. The monoisotopic (exact) mass is 285 g/mol. The first kappa shape index (κ1) is 13.4. The molecule has 1 aliphatic heterocycles. The highest BCUT2D eigenvalue weighted by Crippen LogP contribution is 2.36. The van der Waals surface area contributed by atoms with Crippen LogP contribution in [0.4, 0.5) is 11.6 Å². The maximum absolute atomic E-state index is 11.3. The summed E-state index contributed by atoms with van der Waals surface area (Å²) in [6, 6.07) is 9.18. The Kier molecular flexibility index (Phi) is 3.21. The minimum Gasteiger partial charge on any atom is -0.478 e. The van der Waals surface area contributed by atoms with E-state index in [-0.39, 0.29) is 6.54 Å². The van der Waals surface area contributed by atoms with Crippen molar-refractivity contribution in [3.63, 3.8) is 0 Å². The second-order valence-electron chi connectivity index (χ2n) is 4.97. The van der Waals surface area contributed by atoms with Crippen LogP contribution < -0.4 is 9.64 Å². The highest BCUT2D eigenvalue weighted by molar-refractivity contribution is 5.78. The SMILES string of the molecule is Cc1cc(C)nc(N2CC(C(=O)O)Oc3ccccc32)n1. The van der Waals surface area contributed by atoms with E-state index in [2.05, 4.69) is 9.97 Å². The summed E-state index contributed by atoms with van der Waals surface area (Å²) in [7, 11) is 0. The molecule has 0 saturated carbocycles. The van der Waals surface area contributed by atoms with Crippen molar-refractivity contribution in [3.8, 4) is 5.75 Å². The van der Waals surface area contributed by atoms with Gasteiger partial charge in [-0.2, -0.15) is 0 Å². The van der Waals surface area contributed by atoms with E-state index in [4.69, 9.17) is 4.74 Å². The molecule has 1 aliphatic rings. The smallest absolute Gasteiger partial charge is 0.346 e. The third kappa shape index (κ3) is 2.52. The Morgan fingerprint density at radius 3 is 2.62 bits per heavy atom. The van der Waals surface area contributed by atoms with Crippen LogP contribution in [-0.2, 0) is 4.79 Å². The molecular formula is C15H15N3O3. The van der Waals surface area contributed by atoms with Gasteiger partial charge >= 0.3 is 5.97 Å². The Bertz CT molecular complexity index is 682. The number of carbonyl (C=O) groups is 1. The number of carboxylic acid groups (broad SMARTS) is 1. The van der Waals surface area contributed by atoms with Crippen molar-refractivity contribution in [1.82, 2.24) is 9.97 Å². The van der Waals surface area contributed by atoms with E-state index in [1.807, 2.05) is 38.1 Å². The van der Waals surface area contributed by atoms with E-state index in [9.17, 15) is 9.90 Å². The zero-order valence-electron chi connectivity index (χ0n) is 11.8. The van der Waals surface area contributed by atoms with Gasteiger partial charge in [-0.1, -0.05) is 12.1 Å². The summed E-state index contributed by atoms with van der Waals surface area (Å²) in [6.45, 7) is 3.95. The number of aryl methyl sites for hydroxylation is 2. The Hall–Kier alpha value is -2.63. The molecule has 0 amide bonds. The minimum atomic E-state index is -1.00. The van der Waals surface area contributed by atoms with Crippen molar-refractivity contribution in [1.29, 1.82) is 0 Å². The summed E-state index contributed by atoms with van der Waals surface area (Å²) in [5.74, 6) is 0.0206. The van der Waals surface area contributed by atoms with Crippen molar-refractivity contribution in [2.24, 2.45) is 0 Å². The summed E-state index contributed by atoms with van der Waals surface area (Å²) in [5.41, 5.74) is 2.46. The number of fused-ring (bicyclic) bond motifs is 1. The fourth-order valence-electron chi connectivity index (χ4n) is 2.38. The molecule has 1 N–H and O–H groups in total. The third-order valence-electron chi connectivity index (χ3n) is 3.26. The first-order valence-corrected chi connectivity index (χ1v) is 6.63. The number of hydrogen-bond donors (Lipinski definition) is 1. The number of ether oxygens (including phenoxy) is 1.